The number of nitrogens with one attached hydrogen (secondary N) is 1. The molecular formula is C14H13F3N4O2. The zero-order valence-corrected chi connectivity index (χ0v) is 12.1. The highest BCUT2D eigenvalue weighted by molar-refractivity contribution is 5.91. The Morgan fingerprint density at radius 2 is 2.04 bits per heavy atom. The van der Waals surface area contributed by atoms with Gasteiger partial charge in [-0.25, -0.2) is 9.97 Å². The fourth-order valence-electron chi connectivity index (χ4n) is 1.66. The number of aryl methyl sites for hydroxylation is 1. The van der Waals surface area contributed by atoms with E-state index in [4.69, 9.17) is 0 Å². The van der Waals surface area contributed by atoms with Crippen molar-refractivity contribution in [2.24, 2.45) is 0 Å². The second-order valence-electron chi connectivity index (χ2n) is 4.63. The van der Waals surface area contributed by atoms with Gasteiger partial charge in [-0.15, -0.1) is 0 Å². The van der Waals surface area contributed by atoms with Crippen molar-refractivity contribution < 1.29 is 22.7 Å². The van der Waals surface area contributed by atoms with Crippen LogP contribution in [0.4, 0.5) is 13.2 Å². The number of rotatable bonds is 5. The minimum Gasteiger partial charge on any atom is -0.468 e. The number of carbonyl (C=O) groups excluding carboxylic acids is 1. The van der Waals surface area contributed by atoms with Gasteiger partial charge in [0.25, 0.3) is 5.91 Å². The summed E-state index contributed by atoms with van der Waals surface area (Å²) in [6.45, 7) is 0.446. The van der Waals surface area contributed by atoms with Crippen molar-refractivity contribution >= 4 is 5.91 Å². The molecule has 0 aliphatic rings. The lowest BCUT2D eigenvalue weighted by Gasteiger charge is -2.11. The summed E-state index contributed by atoms with van der Waals surface area (Å²) in [5, 5.41) is 2.63. The molecule has 0 saturated carbocycles. The molecule has 0 radical (unpaired) electrons. The molecule has 2 rings (SSSR count). The fraction of sp³-hybridized carbons (Fsp3) is 0.286. The van der Waals surface area contributed by atoms with Crippen LogP contribution in [0.5, 0.6) is 5.88 Å². The highest BCUT2D eigenvalue weighted by Crippen LogP contribution is 2.18. The van der Waals surface area contributed by atoms with Crippen LogP contribution in [0.3, 0.4) is 0 Å². The van der Waals surface area contributed by atoms with Gasteiger partial charge < -0.3 is 10.1 Å². The zero-order valence-electron chi connectivity index (χ0n) is 12.1. The number of amides is 1. The first-order valence-electron chi connectivity index (χ1n) is 6.54. The molecule has 1 N–H and O–H groups in total. The quantitative estimate of drug-likeness (QED) is 0.910. The third kappa shape index (κ3) is 5.20. The number of hydrogen-bond donors (Lipinski definition) is 1. The summed E-state index contributed by atoms with van der Waals surface area (Å²) in [7, 11) is 0. The predicted octanol–water partition coefficient (Wildman–Crippen LogP) is 2.05. The number of hydrogen-bond acceptors (Lipinski definition) is 5. The Labute approximate surface area is 129 Å². The lowest BCUT2D eigenvalue weighted by Crippen LogP contribution is -2.24. The van der Waals surface area contributed by atoms with Crippen LogP contribution in [0.25, 0.3) is 0 Å². The molecule has 0 bridgehead atoms. The van der Waals surface area contributed by atoms with E-state index in [1.165, 1.54) is 30.9 Å². The van der Waals surface area contributed by atoms with Crippen molar-refractivity contribution in [1.82, 2.24) is 20.3 Å². The summed E-state index contributed by atoms with van der Waals surface area (Å²) < 4.78 is 40.8. The SMILES string of the molecule is Cc1cc(OCC(F)(F)F)ncc1CNC(=O)c1cnccn1. The maximum Gasteiger partial charge on any atom is 0.422 e. The van der Waals surface area contributed by atoms with Crippen molar-refractivity contribution in [1.29, 1.82) is 0 Å². The van der Waals surface area contributed by atoms with Gasteiger partial charge in [0.2, 0.25) is 5.88 Å². The first kappa shape index (κ1) is 16.7. The molecule has 0 aliphatic heterocycles. The molecule has 2 aromatic heterocycles. The topological polar surface area (TPSA) is 77.0 Å². The first-order chi connectivity index (χ1) is 10.8. The molecule has 23 heavy (non-hydrogen) atoms. The lowest BCUT2D eigenvalue weighted by molar-refractivity contribution is -0.154. The summed E-state index contributed by atoms with van der Waals surface area (Å²) in [5.41, 5.74) is 1.47. The van der Waals surface area contributed by atoms with E-state index in [2.05, 4.69) is 25.0 Å². The largest absolute Gasteiger partial charge is 0.468 e. The third-order valence-corrected chi connectivity index (χ3v) is 2.81. The van der Waals surface area contributed by atoms with Gasteiger partial charge in [-0.3, -0.25) is 9.78 Å². The summed E-state index contributed by atoms with van der Waals surface area (Å²) in [4.78, 5) is 23.3. The summed E-state index contributed by atoms with van der Waals surface area (Å²) in [6, 6.07) is 1.38. The van der Waals surface area contributed by atoms with E-state index in [-0.39, 0.29) is 18.1 Å². The van der Waals surface area contributed by atoms with Gasteiger partial charge in [0.15, 0.2) is 6.61 Å². The molecular weight excluding hydrogens is 313 g/mol. The van der Waals surface area contributed by atoms with Crippen molar-refractivity contribution in [2.75, 3.05) is 6.61 Å². The number of carbonyl (C=O) groups is 1. The van der Waals surface area contributed by atoms with E-state index in [0.717, 1.165) is 0 Å². The Bertz CT molecular complexity index is 677. The van der Waals surface area contributed by atoms with E-state index in [1.54, 1.807) is 6.92 Å². The van der Waals surface area contributed by atoms with Crippen LogP contribution in [0.2, 0.25) is 0 Å². The average molecular weight is 326 g/mol. The van der Waals surface area contributed by atoms with Gasteiger partial charge in [0.05, 0.1) is 6.20 Å². The van der Waals surface area contributed by atoms with Gasteiger partial charge in [-0.05, 0) is 18.1 Å². The minimum absolute atomic E-state index is 0.121. The van der Waals surface area contributed by atoms with E-state index in [0.29, 0.717) is 11.1 Å². The Morgan fingerprint density at radius 1 is 1.26 bits per heavy atom. The molecule has 0 fully saturated rings. The van der Waals surface area contributed by atoms with Gasteiger partial charge in [0.1, 0.15) is 5.69 Å². The second-order valence-corrected chi connectivity index (χ2v) is 4.63. The zero-order chi connectivity index (χ0) is 16.9. The highest BCUT2D eigenvalue weighted by atomic mass is 19.4. The molecule has 0 atom stereocenters. The fourth-order valence-corrected chi connectivity index (χ4v) is 1.66. The van der Waals surface area contributed by atoms with Gasteiger partial charge in [0, 0.05) is 31.2 Å². The van der Waals surface area contributed by atoms with Crippen LogP contribution >= 0.6 is 0 Å². The summed E-state index contributed by atoms with van der Waals surface area (Å²) >= 11 is 0. The Balaban J connectivity index is 1.95. The Hall–Kier alpha value is -2.71. The molecule has 0 saturated heterocycles. The third-order valence-electron chi connectivity index (χ3n) is 2.81. The molecule has 1 amide bonds. The van der Waals surface area contributed by atoms with Gasteiger partial charge in [-0.1, -0.05) is 0 Å². The number of aromatic nitrogens is 3. The lowest BCUT2D eigenvalue weighted by atomic mass is 10.1. The molecule has 0 spiro atoms. The van der Waals surface area contributed by atoms with Gasteiger partial charge >= 0.3 is 6.18 Å². The Kier molecular flexibility index (Phi) is 5.09. The number of halogens is 3. The highest BCUT2D eigenvalue weighted by Gasteiger charge is 2.28. The van der Waals surface area contributed by atoms with E-state index in [9.17, 15) is 18.0 Å². The molecule has 122 valence electrons. The number of alkyl halides is 3. The van der Waals surface area contributed by atoms with Crippen LogP contribution in [-0.4, -0.2) is 33.6 Å². The van der Waals surface area contributed by atoms with Crippen molar-refractivity contribution in [2.45, 2.75) is 19.6 Å². The minimum atomic E-state index is -4.42. The van der Waals surface area contributed by atoms with Crippen molar-refractivity contribution in [3.05, 3.63) is 47.7 Å². The second kappa shape index (κ2) is 7.03. The summed E-state index contributed by atoms with van der Waals surface area (Å²) in [6.07, 6.45) is 1.12. The molecule has 0 aliphatic carbocycles. The normalized spacial score (nSPS) is 11.1. The molecule has 0 aromatic carbocycles. The number of nitrogens with zero attached hydrogens (tertiary/aromatic N) is 3. The monoisotopic (exact) mass is 326 g/mol. The Morgan fingerprint density at radius 3 is 2.65 bits per heavy atom. The van der Waals surface area contributed by atoms with Crippen LogP contribution in [0.1, 0.15) is 21.6 Å². The van der Waals surface area contributed by atoms with Crippen LogP contribution in [0.15, 0.2) is 30.9 Å². The molecule has 9 heteroatoms. The van der Waals surface area contributed by atoms with E-state index in [1.807, 2.05) is 0 Å². The van der Waals surface area contributed by atoms with Crippen molar-refractivity contribution in [3.8, 4) is 5.88 Å². The van der Waals surface area contributed by atoms with Crippen LogP contribution in [0, 0.1) is 6.92 Å². The number of pyridine rings is 1. The molecule has 6 nitrogen and oxygen atoms in total. The summed E-state index contributed by atoms with van der Waals surface area (Å²) in [5.74, 6) is -0.529. The van der Waals surface area contributed by atoms with Gasteiger partial charge in [-0.2, -0.15) is 13.2 Å². The van der Waals surface area contributed by atoms with E-state index >= 15 is 0 Å². The van der Waals surface area contributed by atoms with E-state index < -0.39 is 18.7 Å². The van der Waals surface area contributed by atoms with Crippen LogP contribution in [-0.2, 0) is 6.54 Å². The molecule has 2 heterocycles. The maximum absolute atomic E-state index is 12.1. The average Bonchev–Trinajstić information content (AvgIpc) is 2.52. The maximum atomic E-state index is 12.1. The van der Waals surface area contributed by atoms with Crippen LogP contribution < -0.4 is 10.1 Å². The first-order valence-corrected chi connectivity index (χ1v) is 6.54. The molecule has 2 aromatic rings. The smallest absolute Gasteiger partial charge is 0.422 e. The van der Waals surface area contributed by atoms with Crippen molar-refractivity contribution in [3.63, 3.8) is 0 Å². The number of ether oxygens (including phenoxy) is 1. The predicted molar refractivity (Wildman–Crippen MR) is 73.7 cm³/mol. The standard InChI is InChI=1S/C14H13F3N4O2/c1-9-4-12(23-8-14(15,16)17)20-5-10(9)6-21-13(22)11-7-18-2-3-19-11/h2-5,7H,6,8H2,1H3,(H,21,22). The molecule has 0 unspecified atom stereocenters.